The number of hydrogen-bond acceptors (Lipinski definition) is 7. The zero-order chi connectivity index (χ0) is 43.8. The summed E-state index contributed by atoms with van der Waals surface area (Å²) in [5.41, 5.74) is 6.14. The van der Waals surface area contributed by atoms with Gasteiger partial charge in [0.15, 0.2) is 34.4 Å². The Morgan fingerprint density at radius 3 is 1.51 bits per heavy atom. The van der Waals surface area contributed by atoms with Crippen molar-refractivity contribution in [3.63, 3.8) is 0 Å². The van der Waals surface area contributed by atoms with E-state index in [1.807, 2.05) is 42.5 Å². The van der Waals surface area contributed by atoms with Crippen LogP contribution in [0.1, 0.15) is 176 Å². The highest BCUT2D eigenvalue weighted by Crippen LogP contribution is 2.35. The van der Waals surface area contributed by atoms with E-state index in [9.17, 15) is 4.21 Å². The summed E-state index contributed by atoms with van der Waals surface area (Å²) < 4.78 is 32.8. The van der Waals surface area contributed by atoms with Gasteiger partial charge in [-0.05, 0) is 47.7 Å². The number of H-pyrrole nitrogens is 2. The molecule has 1 atom stereocenters. The van der Waals surface area contributed by atoms with Gasteiger partial charge in [-0.15, -0.1) is 10.2 Å². The maximum Gasteiger partial charge on any atom is 0.316 e. The van der Waals surface area contributed by atoms with Crippen molar-refractivity contribution < 1.29 is 13.1 Å². The Labute approximate surface area is 366 Å². The fraction of sp³-hybridized carbons (Fsp3) is 0.583. The van der Waals surface area contributed by atoms with Crippen molar-refractivity contribution in [2.75, 3.05) is 11.3 Å². The number of nitrogens with zero attached hydrogens (tertiary/aromatic N) is 6. The van der Waals surface area contributed by atoms with Gasteiger partial charge in [-0.1, -0.05) is 159 Å². The Kier molecular flexibility index (Phi) is 15.1. The van der Waals surface area contributed by atoms with Crippen molar-refractivity contribution >= 4 is 28.2 Å². The van der Waals surface area contributed by atoms with Gasteiger partial charge in [0.2, 0.25) is 0 Å². The highest BCUT2D eigenvalue weighted by molar-refractivity contribution is 7.82. The van der Waals surface area contributed by atoms with Gasteiger partial charge < -0.3 is 8.92 Å². The van der Waals surface area contributed by atoms with Crippen LogP contribution in [-0.2, 0) is 27.5 Å². The number of fused-ring (bicyclic) bond motifs is 2. The Hall–Kier alpha value is -4.65. The van der Waals surface area contributed by atoms with Crippen molar-refractivity contribution in [3.8, 4) is 34.3 Å². The summed E-state index contributed by atoms with van der Waals surface area (Å²) in [6.07, 6.45) is 18.3. The molecule has 0 saturated heterocycles. The predicted octanol–water partition coefficient (Wildman–Crippen LogP) is 12.6. The molecule has 0 aliphatic heterocycles. The van der Waals surface area contributed by atoms with Gasteiger partial charge in [0.1, 0.15) is 0 Å². The summed E-state index contributed by atoms with van der Waals surface area (Å²) in [5.74, 6) is 2.01. The van der Waals surface area contributed by atoms with E-state index in [2.05, 4.69) is 90.2 Å². The Morgan fingerprint density at radius 2 is 1.07 bits per heavy atom. The average Bonchev–Trinajstić information content (AvgIpc) is 3.97. The minimum Gasteiger partial charge on any atom is -0.490 e. The summed E-state index contributed by atoms with van der Waals surface area (Å²) in [6, 6.07) is 15.6. The Bertz CT molecular complexity index is 2180. The van der Waals surface area contributed by atoms with Crippen molar-refractivity contribution in [1.82, 2.24) is 39.6 Å². The summed E-state index contributed by atoms with van der Waals surface area (Å²) in [5, 5.41) is 16.3. The lowest BCUT2D eigenvalue weighted by atomic mass is 9.87. The molecule has 332 valence electrons. The van der Waals surface area contributed by atoms with E-state index in [-0.39, 0.29) is 16.2 Å². The molecule has 13 heteroatoms. The normalized spacial score (nSPS) is 13.1. The third-order valence-electron chi connectivity index (χ3n) is 11.3. The van der Waals surface area contributed by atoms with Crippen LogP contribution in [-0.4, -0.2) is 50.4 Å². The predicted molar refractivity (Wildman–Crippen MR) is 250 cm³/mol. The zero-order valence-corrected chi connectivity index (χ0v) is 39.4. The standard InChI is InChI=1S/C48H71N9O3S/c1-11-12-13-14-15-16-17-18-19-20-21-22-23-24-27-59-38-26-25-36(46(2,3)4)31-39(38)60-61(58)55-37-29-34(44-49-42-32-40(47(5,6)7)51-56(42)53-44)28-35(30-37)45-50-43-33-41(48(8,9)10)52-57(43)54-45/h25-26,28-33,51-52,55H,11-24,27H2,1-10H3. The lowest BCUT2D eigenvalue weighted by molar-refractivity contribution is 0.296. The van der Waals surface area contributed by atoms with Crippen LogP contribution in [0, 0.1) is 0 Å². The summed E-state index contributed by atoms with van der Waals surface area (Å²) >= 11 is -1.99. The van der Waals surface area contributed by atoms with Crippen LogP contribution in [0.2, 0.25) is 0 Å². The van der Waals surface area contributed by atoms with Crippen molar-refractivity contribution in [2.24, 2.45) is 0 Å². The van der Waals surface area contributed by atoms with Gasteiger partial charge in [0, 0.05) is 45.5 Å². The van der Waals surface area contributed by atoms with Crippen LogP contribution in [0.3, 0.4) is 0 Å². The minimum absolute atomic E-state index is 0.0879. The van der Waals surface area contributed by atoms with E-state index in [0.717, 1.165) is 29.8 Å². The second kappa shape index (κ2) is 20.0. The number of unbranched alkanes of at least 4 members (excludes halogenated alkanes) is 13. The molecule has 61 heavy (non-hydrogen) atoms. The quantitative estimate of drug-likeness (QED) is 0.0578. The first-order chi connectivity index (χ1) is 29.0. The first-order valence-electron chi connectivity index (χ1n) is 22.7. The molecule has 12 nitrogen and oxygen atoms in total. The number of benzene rings is 2. The van der Waals surface area contributed by atoms with E-state index in [1.54, 1.807) is 9.26 Å². The maximum atomic E-state index is 13.9. The molecule has 6 rings (SSSR count). The summed E-state index contributed by atoms with van der Waals surface area (Å²) in [6.45, 7) is 22.1. The highest BCUT2D eigenvalue weighted by atomic mass is 32.2. The van der Waals surface area contributed by atoms with E-state index >= 15 is 0 Å². The molecule has 0 aliphatic rings. The topological polar surface area (TPSA) is 140 Å². The number of nitrogens with one attached hydrogen (secondary N) is 3. The third-order valence-corrected chi connectivity index (χ3v) is 12.0. The number of hydrogen-bond donors (Lipinski definition) is 3. The van der Waals surface area contributed by atoms with Gasteiger partial charge in [-0.3, -0.25) is 14.9 Å². The smallest absolute Gasteiger partial charge is 0.316 e. The second-order valence-electron chi connectivity index (χ2n) is 19.8. The van der Waals surface area contributed by atoms with Crippen molar-refractivity contribution in [1.29, 1.82) is 0 Å². The molecule has 0 fully saturated rings. The zero-order valence-electron chi connectivity index (χ0n) is 38.5. The van der Waals surface area contributed by atoms with Crippen LogP contribution in [0.5, 0.6) is 11.5 Å². The second-order valence-corrected chi connectivity index (χ2v) is 20.7. The molecule has 1 unspecified atom stereocenters. The van der Waals surface area contributed by atoms with E-state index in [0.29, 0.717) is 57.9 Å². The van der Waals surface area contributed by atoms with Crippen LogP contribution >= 0.6 is 0 Å². The van der Waals surface area contributed by atoms with E-state index < -0.39 is 11.3 Å². The highest BCUT2D eigenvalue weighted by Gasteiger charge is 2.23. The lowest BCUT2D eigenvalue weighted by Gasteiger charge is -2.21. The van der Waals surface area contributed by atoms with E-state index in [1.165, 1.54) is 77.0 Å². The number of ether oxygens (including phenoxy) is 1. The maximum absolute atomic E-state index is 13.9. The van der Waals surface area contributed by atoms with Crippen LogP contribution in [0.15, 0.2) is 48.5 Å². The van der Waals surface area contributed by atoms with Crippen molar-refractivity contribution in [2.45, 2.75) is 175 Å². The Balaban J connectivity index is 1.13. The monoisotopic (exact) mass is 854 g/mol. The van der Waals surface area contributed by atoms with Crippen molar-refractivity contribution in [3.05, 3.63) is 65.5 Å². The number of anilines is 1. The van der Waals surface area contributed by atoms with Crippen LogP contribution < -0.4 is 13.6 Å². The summed E-state index contributed by atoms with van der Waals surface area (Å²) in [4.78, 5) is 9.70. The molecule has 0 aliphatic carbocycles. The molecule has 4 heterocycles. The molecule has 0 bridgehead atoms. The molecule has 0 amide bonds. The fourth-order valence-corrected chi connectivity index (χ4v) is 7.99. The Morgan fingerprint density at radius 1 is 0.590 bits per heavy atom. The van der Waals surface area contributed by atoms with Gasteiger partial charge in [-0.2, -0.15) is 13.5 Å². The molecule has 0 radical (unpaired) electrons. The molecule has 2 aromatic carbocycles. The van der Waals surface area contributed by atoms with Crippen LogP contribution in [0.25, 0.3) is 34.1 Å². The molecule has 6 aromatic rings. The SMILES string of the molecule is CCCCCCCCCCCCCCCCOc1ccc(C(C)(C)C)cc1OS(=O)Nc1cc(-c2nc3cc(C(C)(C)C)[nH]n3n2)cc(-c2nc3cc(C(C)(C)C)[nH]n3n2)c1. The largest absolute Gasteiger partial charge is 0.490 e. The fourth-order valence-electron chi connectivity index (χ4n) is 7.34. The molecular formula is C48H71N9O3S. The van der Waals surface area contributed by atoms with Gasteiger partial charge >= 0.3 is 11.3 Å². The van der Waals surface area contributed by atoms with Gasteiger partial charge in [0.05, 0.1) is 12.3 Å². The van der Waals surface area contributed by atoms with E-state index in [4.69, 9.17) is 29.1 Å². The molecule has 0 saturated carbocycles. The first-order valence-corrected chi connectivity index (χ1v) is 23.8. The van der Waals surface area contributed by atoms with Crippen LogP contribution in [0.4, 0.5) is 5.69 Å². The molecule has 3 N–H and O–H groups in total. The number of aromatic amines is 2. The third kappa shape index (κ3) is 12.7. The molecule has 0 spiro atoms. The number of rotatable bonds is 22. The summed E-state index contributed by atoms with van der Waals surface area (Å²) in [7, 11) is 0. The number of aromatic nitrogens is 8. The van der Waals surface area contributed by atoms with Gasteiger partial charge in [-0.25, -0.2) is 9.97 Å². The molecular weight excluding hydrogens is 783 g/mol. The minimum atomic E-state index is -1.99. The molecule has 4 aromatic heterocycles. The van der Waals surface area contributed by atoms with Gasteiger partial charge in [0.25, 0.3) is 0 Å². The average molecular weight is 854 g/mol. The first kappa shape index (κ1) is 45.9. The lowest BCUT2D eigenvalue weighted by Crippen LogP contribution is -2.15.